The molecule has 0 aliphatic rings. The van der Waals surface area contributed by atoms with E-state index in [1.807, 2.05) is 30.3 Å². The van der Waals surface area contributed by atoms with Gasteiger partial charge in [0.15, 0.2) is 0 Å². The van der Waals surface area contributed by atoms with Crippen LogP contribution in [0.15, 0.2) is 72.9 Å². The minimum Gasteiger partial charge on any atom is -0.439 e. The topological polar surface area (TPSA) is 51.2 Å². The van der Waals surface area contributed by atoms with Crippen LogP contribution >= 0.6 is 0 Å². The number of benzene rings is 2. The minimum atomic E-state index is -0.544. The van der Waals surface area contributed by atoms with E-state index in [4.69, 9.17) is 4.74 Å². The SMILES string of the molecule is O=C(NCc1ccnc(Oc2ccccc2)c1)c1ccccc1F. The second kappa shape index (κ2) is 7.37. The van der Waals surface area contributed by atoms with E-state index in [1.165, 1.54) is 12.1 Å². The summed E-state index contributed by atoms with van der Waals surface area (Å²) in [5, 5.41) is 2.68. The Morgan fingerprint density at radius 2 is 1.79 bits per heavy atom. The summed E-state index contributed by atoms with van der Waals surface area (Å²) in [5.74, 6) is 0.102. The number of nitrogens with zero attached hydrogens (tertiary/aromatic N) is 1. The third kappa shape index (κ3) is 3.95. The summed E-state index contributed by atoms with van der Waals surface area (Å²) < 4.78 is 19.2. The van der Waals surface area contributed by atoms with Crippen LogP contribution in [-0.2, 0) is 6.54 Å². The first-order valence-corrected chi connectivity index (χ1v) is 7.43. The molecule has 0 fully saturated rings. The molecule has 120 valence electrons. The van der Waals surface area contributed by atoms with E-state index in [9.17, 15) is 9.18 Å². The zero-order valence-electron chi connectivity index (χ0n) is 12.8. The number of pyridine rings is 1. The van der Waals surface area contributed by atoms with Crippen LogP contribution in [0.4, 0.5) is 4.39 Å². The van der Waals surface area contributed by atoms with Gasteiger partial charge in [-0.25, -0.2) is 9.37 Å². The summed E-state index contributed by atoms with van der Waals surface area (Å²) in [4.78, 5) is 16.2. The van der Waals surface area contributed by atoms with Crippen molar-refractivity contribution in [3.63, 3.8) is 0 Å². The van der Waals surface area contributed by atoms with E-state index >= 15 is 0 Å². The molecule has 1 heterocycles. The monoisotopic (exact) mass is 322 g/mol. The van der Waals surface area contributed by atoms with Gasteiger partial charge in [0.25, 0.3) is 5.91 Å². The molecule has 3 rings (SSSR count). The number of para-hydroxylation sites is 1. The second-order valence-electron chi connectivity index (χ2n) is 5.08. The molecule has 1 N–H and O–H groups in total. The van der Waals surface area contributed by atoms with E-state index in [1.54, 1.807) is 30.5 Å². The van der Waals surface area contributed by atoms with Crippen LogP contribution in [0, 0.1) is 5.82 Å². The van der Waals surface area contributed by atoms with E-state index in [-0.39, 0.29) is 12.1 Å². The summed E-state index contributed by atoms with van der Waals surface area (Å²) >= 11 is 0. The van der Waals surface area contributed by atoms with Crippen molar-refractivity contribution in [1.29, 1.82) is 0 Å². The van der Waals surface area contributed by atoms with Gasteiger partial charge in [0.2, 0.25) is 5.88 Å². The lowest BCUT2D eigenvalue weighted by Gasteiger charge is -2.08. The highest BCUT2D eigenvalue weighted by atomic mass is 19.1. The molecule has 24 heavy (non-hydrogen) atoms. The standard InChI is InChI=1S/C19H15FN2O2/c20-17-9-5-4-8-16(17)19(23)22-13-14-10-11-21-18(12-14)24-15-6-2-1-3-7-15/h1-12H,13H2,(H,22,23). The molecule has 3 aromatic rings. The molecule has 1 amide bonds. The summed E-state index contributed by atoms with van der Waals surface area (Å²) in [6, 6.07) is 18.7. The normalized spacial score (nSPS) is 10.2. The van der Waals surface area contributed by atoms with E-state index in [2.05, 4.69) is 10.3 Å². The third-order valence-electron chi connectivity index (χ3n) is 3.34. The first kappa shape index (κ1) is 15.7. The van der Waals surface area contributed by atoms with Crippen LogP contribution in [0.5, 0.6) is 11.6 Å². The number of halogens is 1. The predicted octanol–water partition coefficient (Wildman–Crippen LogP) is 3.94. The molecular formula is C19H15FN2O2. The zero-order chi connectivity index (χ0) is 16.8. The second-order valence-corrected chi connectivity index (χ2v) is 5.08. The van der Waals surface area contributed by atoms with E-state index < -0.39 is 11.7 Å². The maximum Gasteiger partial charge on any atom is 0.254 e. The van der Waals surface area contributed by atoms with Crippen LogP contribution in [0.2, 0.25) is 0 Å². The number of rotatable bonds is 5. The Kier molecular flexibility index (Phi) is 4.81. The molecule has 2 aromatic carbocycles. The van der Waals surface area contributed by atoms with Crippen molar-refractivity contribution in [1.82, 2.24) is 10.3 Å². The summed E-state index contributed by atoms with van der Waals surface area (Å²) in [6.45, 7) is 0.251. The molecule has 5 heteroatoms. The molecule has 0 aliphatic carbocycles. The Balaban J connectivity index is 1.65. The van der Waals surface area contributed by atoms with Crippen LogP contribution in [-0.4, -0.2) is 10.9 Å². The van der Waals surface area contributed by atoms with Gasteiger partial charge in [-0.3, -0.25) is 4.79 Å². The fourth-order valence-corrected chi connectivity index (χ4v) is 2.15. The van der Waals surface area contributed by atoms with Gasteiger partial charge in [-0.15, -0.1) is 0 Å². The van der Waals surface area contributed by atoms with Crippen LogP contribution in [0.25, 0.3) is 0 Å². The van der Waals surface area contributed by atoms with Crippen molar-refractivity contribution >= 4 is 5.91 Å². The fourth-order valence-electron chi connectivity index (χ4n) is 2.15. The number of nitrogens with one attached hydrogen (secondary N) is 1. The Morgan fingerprint density at radius 1 is 1.04 bits per heavy atom. The maximum atomic E-state index is 13.6. The van der Waals surface area contributed by atoms with Gasteiger partial charge in [0.05, 0.1) is 5.56 Å². The van der Waals surface area contributed by atoms with Crippen molar-refractivity contribution in [2.24, 2.45) is 0 Å². The smallest absolute Gasteiger partial charge is 0.254 e. The highest BCUT2D eigenvalue weighted by molar-refractivity contribution is 5.94. The molecule has 1 aromatic heterocycles. The zero-order valence-corrected chi connectivity index (χ0v) is 12.8. The molecule has 4 nitrogen and oxygen atoms in total. The van der Waals surface area contributed by atoms with Crippen molar-refractivity contribution in [3.05, 3.63) is 89.9 Å². The lowest BCUT2D eigenvalue weighted by molar-refractivity contribution is 0.0947. The number of carbonyl (C=O) groups excluding carboxylic acids is 1. The molecule has 0 atom stereocenters. The quantitative estimate of drug-likeness (QED) is 0.774. The number of aromatic nitrogens is 1. The molecule has 0 spiro atoms. The van der Waals surface area contributed by atoms with Crippen LogP contribution in [0.3, 0.4) is 0 Å². The molecule has 0 radical (unpaired) electrons. The average Bonchev–Trinajstić information content (AvgIpc) is 2.61. The highest BCUT2D eigenvalue weighted by Crippen LogP contribution is 2.19. The molecule has 0 aliphatic heterocycles. The summed E-state index contributed by atoms with van der Waals surface area (Å²) in [6.07, 6.45) is 1.60. The maximum absolute atomic E-state index is 13.6. The number of hydrogen-bond acceptors (Lipinski definition) is 3. The molecule has 0 unspecified atom stereocenters. The van der Waals surface area contributed by atoms with Crippen LogP contribution < -0.4 is 10.1 Å². The summed E-state index contributed by atoms with van der Waals surface area (Å²) in [5.41, 5.74) is 0.827. The van der Waals surface area contributed by atoms with Gasteiger partial charge in [-0.1, -0.05) is 30.3 Å². The Morgan fingerprint density at radius 3 is 2.58 bits per heavy atom. The largest absolute Gasteiger partial charge is 0.439 e. The number of hydrogen-bond donors (Lipinski definition) is 1. The minimum absolute atomic E-state index is 0.0207. The number of ether oxygens (including phenoxy) is 1. The highest BCUT2D eigenvalue weighted by Gasteiger charge is 2.10. The van der Waals surface area contributed by atoms with Gasteiger partial charge < -0.3 is 10.1 Å². The van der Waals surface area contributed by atoms with E-state index in [0.717, 1.165) is 5.56 Å². The molecule has 0 bridgehead atoms. The Labute approximate surface area is 138 Å². The average molecular weight is 322 g/mol. The molecular weight excluding hydrogens is 307 g/mol. The summed E-state index contributed by atoms with van der Waals surface area (Å²) in [7, 11) is 0. The fraction of sp³-hybridized carbons (Fsp3) is 0.0526. The van der Waals surface area contributed by atoms with Gasteiger partial charge in [0, 0.05) is 18.8 Å². The number of amides is 1. The molecule has 0 saturated heterocycles. The molecule has 0 saturated carbocycles. The first-order chi connectivity index (χ1) is 11.7. The van der Waals surface area contributed by atoms with E-state index in [0.29, 0.717) is 11.6 Å². The van der Waals surface area contributed by atoms with Crippen molar-refractivity contribution < 1.29 is 13.9 Å². The first-order valence-electron chi connectivity index (χ1n) is 7.43. The van der Waals surface area contributed by atoms with Crippen LogP contribution in [0.1, 0.15) is 15.9 Å². The number of carbonyl (C=O) groups is 1. The van der Waals surface area contributed by atoms with Crippen molar-refractivity contribution in [3.8, 4) is 11.6 Å². The van der Waals surface area contributed by atoms with Crippen molar-refractivity contribution in [2.45, 2.75) is 6.54 Å². The lowest BCUT2D eigenvalue weighted by atomic mass is 10.2. The lowest BCUT2D eigenvalue weighted by Crippen LogP contribution is -2.23. The van der Waals surface area contributed by atoms with Gasteiger partial charge in [0.1, 0.15) is 11.6 Å². The van der Waals surface area contributed by atoms with Gasteiger partial charge in [-0.2, -0.15) is 0 Å². The predicted molar refractivity (Wildman–Crippen MR) is 88.3 cm³/mol. The van der Waals surface area contributed by atoms with Gasteiger partial charge in [-0.05, 0) is 35.9 Å². The Bertz CT molecular complexity index is 838. The van der Waals surface area contributed by atoms with Gasteiger partial charge >= 0.3 is 0 Å². The third-order valence-corrected chi connectivity index (χ3v) is 3.34. The Hall–Kier alpha value is -3.21. The van der Waals surface area contributed by atoms with Crippen molar-refractivity contribution in [2.75, 3.05) is 0 Å².